The van der Waals surface area contributed by atoms with Crippen LogP contribution in [0.2, 0.25) is 0 Å². The summed E-state index contributed by atoms with van der Waals surface area (Å²) in [5, 5.41) is 9.78. The SMILES string of the molecule is CCCCSC1=NC(c2ccc(C#N)cc2)C(C(=O)OCC)=C(C)N1c1cccc(C(F)F)c1.CF. The molecular formula is C27H30F3N3O2S. The number of aliphatic imine (C=N–C) groups is 1. The van der Waals surface area contributed by atoms with Crippen molar-refractivity contribution in [1.82, 2.24) is 0 Å². The summed E-state index contributed by atoms with van der Waals surface area (Å²) in [4.78, 5) is 19.8. The molecule has 2 aromatic carbocycles. The highest BCUT2D eigenvalue weighted by atomic mass is 32.2. The van der Waals surface area contributed by atoms with E-state index >= 15 is 0 Å². The van der Waals surface area contributed by atoms with Crippen molar-refractivity contribution in [3.8, 4) is 6.07 Å². The Morgan fingerprint density at radius 1 is 1.19 bits per heavy atom. The summed E-state index contributed by atoms with van der Waals surface area (Å²) in [5.74, 6) is 0.286. The van der Waals surface area contributed by atoms with Crippen LogP contribution in [-0.4, -0.2) is 30.7 Å². The molecule has 0 radical (unpaired) electrons. The number of thioether (sulfide) groups is 1. The number of amidine groups is 1. The third-order valence-electron chi connectivity index (χ3n) is 5.39. The predicted octanol–water partition coefficient (Wildman–Crippen LogP) is 7.37. The van der Waals surface area contributed by atoms with Crippen molar-refractivity contribution < 1.29 is 22.7 Å². The smallest absolute Gasteiger partial charge is 0.338 e. The maximum absolute atomic E-state index is 13.4. The van der Waals surface area contributed by atoms with Crippen LogP contribution in [0.1, 0.15) is 62.8 Å². The van der Waals surface area contributed by atoms with E-state index in [4.69, 9.17) is 15.0 Å². The van der Waals surface area contributed by atoms with E-state index in [0.29, 0.717) is 34.9 Å². The average molecular weight is 518 g/mol. The molecule has 1 aliphatic rings. The number of unbranched alkanes of at least 4 members (excludes halogenated alkanes) is 1. The number of halogens is 3. The minimum atomic E-state index is -2.61. The molecule has 1 heterocycles. The van der Waals surface area contributed by atoms with Crippen LogP contribution in [-0.2, 0) is 9.53 Å². The average Bonchev–Trinajstić information content (AvgIpc) is 2.90. The van der Waals surface area contributed by atoms with Gasteiger partial charge in [-0.25, -0.2) is 18.6 Å². The molecule has 5 nitrogen and oxygen atoms in total. The van der Waals surface area contributed by atoms with Gasteiger partial charge in [-0.3, -0.25) is 9.29 Å². The Bertz CT molecular complexity index is 1130. The number of esters is 1. The lowest BCUT2D eigenvalue weighted by Gasteiger charge is -2.35. The van der Waals surface area contributed by atoms with E-state index in [1.807, 2.05) is 0 Å². The molecule has 36 heavy (non-hydrogen) atoms. The molecule has 0 saturated heterocycles. The van der Waals surface area contributed by atoms with E-state index in [2.05, 4.69) is 13.0 Å². The van der Waals surface area contributed by atoms with E-state index in [9.17, 15) is 18.0 Å². The number of nitrogens with zero attached hydrogens (tertiary/aromatic N) is 3. The Balaban J connectivity index is 0.00000222. The summed E-state index contributed by atoms with van der Waals surface area (Å²) < 4.78 is 41.7. The highest BCUT2D eigenvalue weighted by Crippen LogP contribution is 2.40. The first-order chi connectivity index (χ1) is 17.4. The van der Waals surface area contributed by atoms with E-state index in [0.717, 1.165) is 24.2 Å². The van der Waals surface area contributed by atoms with Crippen molar-refractivity contribution in [2.75, 3.05) is 24.4 Å². The minimum Gasteiger partial charge on any atom is -0.463 e. The minimum absolute atomic E-state index is 0.102. The quantitative estimate of drug-likeness (QED) is 0.270. The third-order valence-corrected chi connectivity index (χ3v) is 6.43. The van der Waals surface area contributed by atoms with Crippen LogP contribution >= 0.6 is 11.8 Å². The molecule has 0 amide bonds. The van der Waals surface area contributed by atoms with Crippen LogP contribution in [0.4, 0.5) is 18.9 Å². The fourth-order valence-corrected chi connectivity index (χ4v) is 4.82. The van der Waals surface area contributed by atoms with E-state index in [-0.39, 0.29) is 12.2 Å². The largest absolute Gasteiger partial charge is 0.463 e. The maximum atomic E-state index is 13.4. The number of benzene rings is 2. The second-order valence-corrected chi connectivity index (χ2v) is 8.76. The lowest BCUT2D eigenvalue weighted by atomic mass is 9.95. The van der Waals surface area contributed by atoms with Crippen molar-refractivity contribution in [3.05, 3.63) is 76.5 Å². The van der Waals surface area contributed by atoms with Crippen molar-refractivity contribution in [3.63, 3.8) is 0 Å². The van der Waals surface area contributed by atoms with Gasteiger partial charge in [0.2, 0.25) is 0 Å². The van der Waals surface area contributed by atoms with Crippen LogP contribution < -0.4 is 4.90 Å². The van der Waals surface area contributed by atoms with Gasteiger partial charge in [0.05, 0.1) is 31.0 Å². The lowest BCUT2D eigenvalue weighted by Crippen LogP contribution is -2.35. The molecule has 1 atom stereocenters. The molecule has 9 heteroatoms. The molecule has 0 fully saturated rings. The summed E-state index contributed by atoms with van der Waals surface area (Å²) in [6.07, 6.45) is -0.648. The normalized spacial score (nSPS) is 15.1. The van der Waals surface area contributed by atoms with E-state index < -0.39 is 18.4 Å². The first-order valence-corrected chi connectivity index (χ1v) is 12.5. The van der Waals surface area contributed by atoms with Crippen LogP contribution in [0.25, 0.3) is 0 Å². The molecular weight excluding hydrogens is 487 g/mol. The Hall–Kier alpha value is -3.25. The number of allylic oxidation sites excluding steroid dienone is 1. The summed E-state index contributed by atoms with van der Waals surface area (Å²) in [5.41, 5.74) is 2.58. The number of nitriles is 1. The number of carbonyl (C=O) groups excluding carboxylic acids is 1. The highest BCUT2D eigenvalue weighted by molar-refractivity contribution is 8.14. The Labute approximate surface area is 214 Å². The number of hydrogen-bond acceptors (Lipinski definition) is 6. The number of hydrogen-bond donors (Lipinski definition) is 0. The summed E-state index contributed by atoms with van der Waals surface area (Å²) in [7, 11) is 0.500. The first kappa shape index (κ1) is 29.0. The van der Waals surface area contributed by atoms with Gasteiger partial charge < -0.3 is 4.74 Å². The van der Waals surface area contributed by atoms with Gasteiger partial charge in [-0.15, -0.1) is 0 Å². The van der Waals surface area contributed by atoms with Crippen molar-refractivity contribution >= 4 is 28.6 Å². The molecule has 192 valence electrons. The van der Waals surface area contributed by atoms with Crippen molar-refractivity contribution in [1.29, 1.82) is 5.26 Å². The molecule has 0 aromatic heterocycles. The standard InChI is InChI=1S/C26H27F2N3O2S.CH3F/c1-4-6-14-34-26-30-23(19-12-10-18(16-29)11-13-19)22(25(32)33-5-2)17(3)31(26)21-9-7-8-20(15-21)24(27)28;1-2/h7-13,15,23-24H,4-6,14H2,1-3H3;1H3. The van der Waals surface area contributed by atoms with Gasteiger partial charge in [-0.2, -0.15) is 5.26 Å². The fraction of sp³-hybridized carbons (Fsp3) is 0.370. The van der Waals surface area contributed by atoms with Crippen LogP contribution in [0.5, 0.6) is 0 Å². The molecule has 3 rings (SSSR count). The van der Waals surface area contributed by atoms with Crippen LogP contribution in [0.3, 0.4) is 0 Å². The molecule has 1 unspecified atom stereocenters. The summed E-state index contributed by atoms with van der Waals surface area (Å²) in [6.45, 7) is 5.80. The zero-order valence-electron chi connectivity index (χ0n) is 20.8. The number of carbonyl (C=O) groups is 1. The number of anilines is 1. The monoisotopic (exact) mass is 517 g/mol. The van der Waals surface area contributed by atoms with Gasteiger partial charge >= 0.3 is 5.97 Å². The molecule has 0 saturated carbocycles. The second-order valence-electron chi connectivity index (χ2n) is 7.70. The zero-order chi connectivity index (χ0) is 26.7. The van der Waals surface area contributed by atoms with Gasteiger partial charge in [0.1, 0.15) is 6.04 Å². The summed E-state index contributed by atoms with van der Waals surface area (Å²) >= 11 is 1.53. The van der Waals surface area contributed by atoms with E-state index in [1.165, 1.54) is 23.9 Å². The molecule has 0 bridgehead atoms. The second kappa shape index (κ2) is 14.3. The highest BCUT2D eigenvalue weighted by Gasteiger charge is 2.35. The number of alkyl halides is 3. The Morgan fingerprint density at radius 3 is 2.47 bits per heavy atom. The van der Waals surface area contributed by atoms with Crippen molar-refractivity contribution in [2.45, 2.75) is 46.1 Å². The van der Waals surface area contributed by atoms with Crippen LogP contribution in [0, 0.1) is 11.3 Å². The van der Waals surface area contributed by atoms with Gasteiger partial charge in [0.25, 0.3) is 6.43 Å². The lowest BCUT2D eigenvalue weighted by molar-refractivity contribution is -0.138. The maximum Gasteiger partial charge on any atom is 0.338 e. The number of rotatable bonds is 8. The first-order valence-electron chi connectivity index (χ1n) is 11.6. The topological polar surface area (TPSA) is 65.7 Å². The zero-order valence-corrected chi connectivity index (χ0v) is 21.6. The fourth-order valence-electron chi connectivity index (χ4n) is 3.66. The molecule has 0 spiro atoms. The Morgan fingerprint density at radius 2 is 1.89 bits per heavy atom. The predicted molar refractivity (Wildman–Crippen MR) is 139 cm³/mol. The van der Waals surface area contributed by atoms with E-state index in [1.54, 1.807) is 55.1 Å². The molecule has 1 aliphatic heterocycles. The Kier molecular flexibility index (Phi) is 11.5. The van der Waals surface area contributed by atoms with Gasteiger partial charge in [0, 0.05) is 22.7 Å². The van der Waals surface area contributed by atoms with Gasteiger partial charge in [-0.05, 0) is 50.1 Å². The molecule has 0 N–H and O–H groups in total. The molecule has 2 aromatic rings. The molecule has 0 aliphatic carbocycles. The third kappa shape index (κ3) is 6.91. The van der Waals surface area contributed by atoms with Crippen LogP contribution in [0.15, 0.2) is 64.8 Å². The van der Waals surface area contributed by atoms with Gasteiger partial charge in [-0.1, -0.05) is 49.4 Å². The van der Waals surface area contributed by atoms with Gasteiger partial charge in [0.15, 0.2) is 5.17 Å². The summed E-state index contributed by atoms with van der Waals surface area (Å²) in [6, 6.07) is 14.5. The van der Waals surface area contributed by atoms with Crippen molar-refractivity contribution in [2.24, 2.45) is 4.99 Å². The number of ether oxygens (including phenoxy) is 1.